The van der Waals surface area contributed by atoms with Gasteiger partial charge in [0, 0.05) is 17.5 Å². The van der Waals surface area contributed by atoms with Crippen LogP contribution in [0.1, 0.15) is 0 Å². The molecule has 3 heteroatoms. The van der Waals surface area contributed by atoms with E-state index in [1.54, 1.807) is 18.2 Å². The van der Waals surface area contributed by atoms with Gasteiger partial charge in [0.2, 0.25) is 0 Å². The van der Waals surface area contributed by atoms with Gasteiger partial charge in [-0.1, -0.05) is 0 Å². The standard InChI is InChI=1S/C5H4N2S/c1-2-6-5-4(1)3-8-7-5/h1-2H,3H2. The van der Waals surface area contributed by atoms with Crippen LogP contribution in [0, 0.1) is 0 Å². The van der Waals surface area contributed by atoms with Crippen LogP contribution in [0.3, 0.4) is 0 Å². The summed E-state index contributed by atoms with van der Waals surface area (Å²) >= 11 is 1.57. The van der Waals surface area contributed by atoms with E-state index in [1.807, 2.05) is 6.08 Å². The highest BCUT2D eigenvalue weighted by molar-refractivity contribution is 7.98. The number of amidine groups is 1. The van der Waals surface area contributed by atoms with E-state index in [-0.39, 0.29) is 0 Å². The first kappa shape index (κ1) is 4.32. The van der Waals surface area contributed by atoms with Crippen LogP contribution < -0.4 is 0 Å². The van der Waals surface area contributed by atoms with E-state index in [4.69, 9.17) is 0 Å². The lowest BCUT2D eigenvalue weighted by molar-refractivity contribution is 1.63. The molecule has 2 aliphatic rings. The molecule has 0 N–H and O–H groups in total. The van der Waals surface area contributed by atoms with Crippen molar-refractivity contribution in [3.8, 4) is 0 Å². The fourth-order valence-corrected chi connectivity index (χ4v) is 1.43. The maximum atomic E-state index is 4.06. The molecule has 2 nitrogen and oxygen atoms in total. The molecule has 2 rings (SSSR count). The van der Waals surface area contributed by atoms with E-state index in [0.29, 0.717) is 0 Å². The quantitative estimate of drug-likeness (QED) is 0.443. The van der Waals surface area contributed by atoms with Gasteiger partial charge in [0.25, 0.3) is 0 Å². The minimum Gasteiger partial charge on any atom is -0.236 e. The molecule has 0 spiro atoms. The first-order valence-corrected chi connectivity index (χ1v) is 3.34. The fourth-order valence-electron chi connectivity index (χ4n) is 0.713. The Morgan fingerprint density at radius 1 is 1.62 bits per heavy atom. The summed E-state index contributed by atoms with van der Waals surface area (Å²) in [6.07, 6.45) is 3.81. The minimum atomic E-state index is 0.926. The average Bonchev–Trinajstić information content (AvgIpc) is 2.15. The second-order valence-electron chi connectivity index (χ2n) is 1.66. The highest BCUT2D eigenvalue weighted by atomic mass is 32.2. The molecule has 0 unspecified atom stereocenters. The third-order valence-corrected chi connectivity index (χ3v) is 1.87. The molecule has 0 amide bonds. The van der Waals surface area contributed by atoms with E-state index in [2.05, 4.69) is 9.39 Å². The van der Waals surface area contributed by atoms with Crippen LogP contribution in [-0.4, -0.2) is 17.8 Å². The summed E-state index contributed by atoms with van der Waals surface area (Å²) in [5.41, 5.74) is 1.27. The highest BCUT2D eigenvalue weighted by Crippen LogP contribution is 2.22. The van der Waals surface area contributed by atoms with Crippen molar-refractivity contribution in [3.05, 3.63) is 11.6 Å². The Hall–Kier alpha value is -0.570. The van der Waals surface area contributed by atoms with Crippen LogP contribution in [-0.2, 0) is 0 Å². The summed E-state index contributed by atoms with van der Waals surface area (Å²) in [7, 11) is 0. The minimum absolute atomic E-state index is 0.926. The fraction of sp³-hybridized carbons (Fsp3) is 0.200. The lowest BCUT2D eigenvalue weighted by Gasteiger charge is -1.81. The van der Waals surface area contributed by atoms with Crippen molar-refractivity contribution in [2.24, 2.45) is 9.39 Å². The van der Waals surface area contributed by atoms with Crippen LogP contribution >= 0.6 is 11.9 Å². The summed E-state index contributed by atoms with van der Waals surface area (Å²) in [5.74, 6) is 1.94. The predicted octanol–water partition coefficient (Wildman–Crippen LogP) is 1.06. The molecule has 0 aromatic rings. The average molecular weight is 124 g/mol. The molecule has 0 fully saturated rings. The second kappa shape index (κ2) is 1.45. The van der Waals surface area contributed by atoms with Gasteiger partial charge in [-0.25, -0.2) is 4.99 Å². The van der Waals surface area contributed by atoms with Crippen molar-refractivity contribution in [3.63, 3.8) is 0 Å². The maximum Gasteiger partial charge on any atom is 0.163 e. The molecule has 2 aliphatic heterocycles. The molecule has 8 heavy (non-hydrogen) atoms. The number of aliphatic imine (C=N–C) groups is 1. The van der Waals surface area contributed by atoms with Gasteiger partial charge in [0.15, 0.2) is 5.84 Å². The number of hydrogen-bond acceptors (Lipinski definition) is 3. The van der Waals surface area contributed by atoms with Gasteiger partial charge in [-0.3, -0.25) is 0 Å². The summed E-state index contributed by atoms with van der Waals surface area (Å²) in [5, 5.41) is 0. The summed E-state index contributed by atoms with van der Waals surface area (Å²) in [6.45, 7) is 0. The van der Waals surface area contributed by atoms with Crippen molar-refractivity contribution in [2.45, 2.75) is 0 Å². The third-order valence-electron chi connectivity index (χ3n) is 1.13. The zero-order valence-corrected chi connectivity index (χ0v) is 4.98. The molecule has 0 saturated carbocycles. The Morgan fingerprint density at radius 2 is 2.62 bits per heavy atom. The largest absolute Gasteiger partial charge is 0.236 e. The van der Waals surface area contributed by atoms with E-state index in [0.717, 1.165) is 11.6 Å². The van der Waals surface area contributed by atoms with Gasteiger partial charge in [0.05, 0.1) is 0 Å². The van der Waals surface area contributed by atoms with Crippen LogP contribution in [0.2, 0.25) is 0 Å². The number of fused-ring (bicyclic) bond motifs is 1. The van der Waals surface area contributed by atoms with Gasteiger partial charge in [-0.05, 0) is 18.0 Å². The van der Waals surface area contributed by atoms with Crippen molar-refractivity contribution in [2.75, 3.05) is 5.75 Å². The van der Waals surface area contributed by atoms with Gasteiger partial charge >= 0.3 is 0 Å². The van der Waals surface area contributed by atoms with Crippen LogP contribution in [0.5, 0.6) is 0 Å². The lowest BCUT2D eigenvalue weighted by Crippen LogP contribution is -1.87. The monoisotopic (exact) mass is 124 g/mol. The molecule has 40 valence electrons. The molecule has 0 aromatic carbocycles. The molecule has 0 aromatic heterocycles. The van der Waals surface area contributed by atoms with Crippen molar-refractivity contribution >= 4 is 24.0 Å². The van der Waals surface area contributed by atoms with Crippen LogP contribution in [0.15, 0.2) is 21.0 Å². The summed E-state index contributed by atoms with van der Waals surface area (Å²) in [4.78, 5) is 4.01. The van der Waals surface area contributed by atoms with E-state index >= 15 is 0 Å². The van der Waals surface area contributed by atoms with Gasteiger partial charge in [0.1, 0.15) is 0 Å². The Balaban J connectivity index is 2.49. The molecule has 0 radical (unpaired) electrons. The van der Waals surface area contributed by atoms with Crippen molar-refractivity contribution < 1.29 is 0 Å². The number of nitrogens with zero attached hydrogens (tertiary/aromatic N) is 2. The van der Waals surface area contributed by atoms with Gasteiger partial charge in [-0.2, -0.15) is 4.40 Å². The maximum absolute atomic E-state index is 4.06. The smallest absolute Gasteiger partial charge is 0.163 e. The van der Waals surface area contributed by atoms with E-state index in [1.165, 1.54) is 5.57 Å². The molecular formula is C5H4N2S. The number of hydrogen-bond donors (Lipinski definition) is 0. The predicted molar refractivity (Wildman–Crippen MR) is 36.5 cm³/mol. The van der Waals surface area contributed by atoms with Gasteiger partial charge in [-0.15, -0.1) is 0 Å². The van der Waals surface area contributed by atoms with E-state index < -0.39 is 0 Å². The molecule has 0 saturated heterocycles. The molecule has 0 bridgehead atoms. The topological polar surface area (TPSA) is 24.7 Å². The van der Waals surface area contributed by atoms with Crippen LogP contribution in [0.25, 0.3) is 0 Å². The lowest BCUT2D eigenvalue weighted by atomic mass is 10.3. The second-order valence-corrected chi connectivity index (χ2v) is 2.39. The molecule has 0 aliphatic carbocycles. The normalized spacial score (nSPS) is 23.0. The number of allylic oxidation sites excluding steroid dienone is 1. The van der Waals surface area contributed by atoms with Crippen molar-refractivity contribution in [1.29, 1.82) is 0 Å². The SMILES string of the molecule is C1=NC2=NSCC2=C1. The zero-order chi connectivity index (χ0) is 5.40. The van der Waals surface area contributed by atoms with Crippen molar-refractivity contribution in [1.82, 2.24) is 0 Å². The van der Waals surface area contributed by atoms with E-state index in [9.17, 15) is 0 Å². The van der Waals surface area contributed by atoms with Gasteiger partial charge < -0.3 is 0 Å². The first-order valence-electron chi connectivity index (χ1n) is 2.40. The zero-order valence-electron chi connectivity index (χ0n) is 4.16. The number of rotatable bonds is 0. The Labute approximate surface area is 51.5 Å². The summed E-state index contributed by atoms with van der Waals surface area (Å²) < 4.78 is 4.06. The Morgan fingerprint density at radius 3 is 3.50 bits per heavy atom. The van der Waals surface area contributed by atoms with Crippen LogP contribution in [0.4, 0.5) is 0 Å². The Bertz CT molecular complexity index is 202. The highest BCUT2D eigenvalue weighted by Gasteiger charge is 2.14. The third kappa shape index (κ3) is 0.448. The molecule has 0 atom stereocenters. The first-order chi connectivity index (χ1) is 3.97. The molecular weight excluding hydrogens is 120 g/mol. The summed E-state index contributed by atoms with van der Waals surface area (Å²) in [6, 6.07) is 0. The molecule has 2 heterocycles. The Kier molecular flexibility index (Phi) is 0.784.